The van der Waals surface area contributed by atoms with Crippen LogP contribution in [0.3, 0.4) is 0 Å². The van der Waals surface area contributed by atoms with Crippen molar-refractivity contribution >= 4 is 10.8 Å². The Hall–Kier alpha value is 0.0300. The minimum absolute atomic E-state index is 0.195. The van der Waals surface area contributed by atoms with E-state index in [4.69, 9.17) is 5.11 Å². The molecule has 2 N–H and O–H groups in total. The molecule has 0 radical (unpaired) electrons. The maximum absolute atomic E-state index is 11.2. The Morgan fingerprint density at radius 3 is 2.85 bits per heavy atom. The van der Waals surface area contributed by atoms with Crippen LogP contribution in [0.4, 0.5) is 0 Å². The SMILES string of the molecule is O=S1CCCN(CC(O)CO)CC1. The second kappa shape index (κ2) is 5.70. The van der Waals surface area contributed by atoms with E-state index in [1.54, 1.807) is 0 Å². The molecule has 78 valence electrons. The summed E-state index contributed by atoms with van der Waals surface area (Å²) >= 11 is 0. The fraction of sp³-hybridized carbons (Fsp3) is 1.00. The Morgan fingerprint density at radius 1 is 1.38 bits per heavy atom. The van der Waals surface area contributed by atoms with E-state index in [9.17, 15) is 9.32 Å². The highest BCUT2D eigenvalue weighted by Gasteiger charge is 2.15. The summed E-state index contributed by atoms with van der Waals surface area (Å²) in [6.07, 6.45) is 0.261. The largest absolute Gasteiger partial charge is 0.394 e. The van der Waals surface area contributed by atoms with Gasteiger partial charge in [0.1, 0.15) is 0 Å². The normalized spacial score (nSPS) is 28.3. The molecule has 0 aromatic rings. The van der Waals surface area contributed by atoms with E-state index in [1.807, 2.05) is 0 Å². The van der Waals surface area contributed by atoms with Gasteiger partial charge in [-0.2, -0.15) is 0 Å². The van der Waals surface area contributed by atoms with Gasteiger partial charge in [-0.3, -0.25) is 9.11 Å². The molecule has 4 nitrogen and oxygen atoms in total. The van der Waals surface area contributed by atoms with Crippen molar-refractivity contribution in [2.75, 3.05) is 37.7 Å². The number of hydrogen-bond acceptors (Lipinski definition) is 4. The van der Waals surface area contributed by atoms with E-state index >= 15 is 0 Å². The van der Waals surface area contributed by atoms with Crippen LogP contribution in [0, 0.1) is 0 Å². The van der Waals surface area contributed by atoms with Crippen LogP contribution in [0.2, 0.25) is 0 Å². The van der Waals surface area contributed by atoms with Crippen molar-refractivity contribution in [2.45, 2.75) is 12.5 Å². The van der Waals surface area contributed by atoms with Gasteiger partial charge in [-0.05, 0) is 13.0 Å². The van der Waals surface area contributed by atoms with E-state index in [1.165, 1.54) is 0 Å². The zero-order valence-electron chi connectivity index (χ0n) is 7.69. The quantitative estimate of drug-likeness (QED) is 0.610. The molecule has 13 heavy (non-hydrogen) atoms. The molecule has 1 rings (SSSR count). The molecule has 1 fully saturated rings. The number of β-amino-alcohol motifs (C(OH)–C–C–N with tert-alkyl or cyclic N) is 1. The molecule has 1 heterocycles. The Morgan fingerprint density at radius 2 is 2.15 bits per heavy atom. The Labute approximate surface area is 81.0 Å². The highest BCUT2D eigenvalue weighted by molar-refractivity contribution is 7.85. The third kappa shape index (κ3) is 4.17. The summed E-state index contributed by atoms with van der Waals surface area (Å²) in [7, 11) is -0.681. The van der Waals surface area contributed by atoms with Crippen LogP contribution in [-0.2, 0) is 10.8 Å². The van der Waals surface area contributed by atoms with Crippen molar-refractivity contribution in [1.82, 2.24) is 4.90 Å². The molecular formula is C8H17NO3S. The van der Waals surface area contributed by atoms with E-state index in [0.29, 0.717) is 12.3 Å². The molecule has 0 bridgehead atoms. The average Bonchev–Trinajstić information content (AvgIpc) is 2.31. The monoisotopic (exact) mass is 207 g/mol. The predicted molar refractivity (Wildman–Crippen MR) is 52.0 cm³/mol. The van der Waals surface area contributed by atoms with Crippen molar-refractivity contribution in [3.8, 4) is 0 Å². The molecule has 2 unspecified atom stereocenters. The van der Waals surface area contributed by atoms with Crippen molar-refractivity contribution in [3.63, 3.8) is 0 Å². The standard InChI is InChI=1S/C8H17NO3S/c10-7-8(11)6-9-2-1-4-13(12)5-3-9/h8,10-11H,1-7H2. The number of aliphatic hydroxyl groups is 2. The van der Waals surface area contributed by atoms with Crippen LogP contribution < -0.4 is 0 Å². The van der Waals surface area contributed by atoms with Gasteiger partial charge in [0.2, 0.25) is 0 Å². The summed E-state index contributed by atoms with van der Waals surface area (Å²) < 4.78 is 11.2. The molecule has 5 heteroatoms. The third-order valence-electron chi connectivity index (χ3n) is 2.16. The van der Waals surface area contributed by atoms with Gasteiger partial charge in [0.05, 0.1) is 12.7 Å². The minimum atomic E-state index is -0.681. The fourth-order valence-electron chi connectivity index (χ4n) is 1.43. The molecular weight excluding hydrogens is 190 g/mol. The van der Waals surface area contributed by atoms with Gasteiger partial charge in [0, 0.05) is 35.4 Å². The summed E-state index contributed by atoms with van der Waals surface area (Å²) in [5.74, 6) is 1.46. The molecule has 0 aromatic heterocycles. The van der Waals surface area contributed by atoms with Crippen molar-refractivity contribution < 1.29 is 14.4 Å². The van der Waals surface area contributed by atoms with Crippen LogP contribution in [0.25, 0.3) is 0 Å². The van der Waals surface area contributed by atoms with Gasteiger partial charge in [0.15, 0.2) is 0 Å². The van der Waals surface area contributed by atoms with Gasteiger partial charge in [-0.1, -0.05) is 0 Å². The first-order valence-corrected chi connectivity index (χ1v) is 6.07. The van der Waals surface area contributed by atoms with Crippen LogP contribution in [-0.4, -0.2) is 63.2 Å². The first-order valence-electron chi connectivity index (χ1n) is 4.58. The van der Waals surface area contributed by atoms with Crippen LogP contribution >= 0.6 is 0 Å². The second-order valence-electron chi connectivity index (χ2n) is 3.34. The summed E-state index contributed by atoms with van der Waals surface area (Å²) in [4.78, 5) is 2.06. The molecule has 1 saturated heterocycles. The lowest BCUT2D eigenvalue weighted by atomic mass is 10.3. The lowest BCUT2D eigenvalue weighted by Gasteiger charge is -2.21. The van der Waals surface area contributed by atoms with E-state index < -0.39 is 16.9 Å². The number of nitrogens with zero attached hydrogens (tertiary/aromatic N) is 1. The lowest BCUT2D eigenvalue weighted by molar-refractivity contribution is 0.0615. The first-order chi connectivity index (χ1) is 6.22. The van der Waals surface area contributed by atoms with Gasteiger partial charge < -0.3 is 10.2 Å². The zero-order chi connectivity index (χ0) is 9.68. The topological polar surface area (TPSA) is 60.8 Å². The van der Waals surface area contributed by atoms with Crippen molar-refractivity contribution in [3.05, 3.63) is 0 Å². The molecule has 1 aliphatic rings. The Bertz CT molecular complexity index is 177. The summed E-state index contributed by atoms with van der Waals surface area (Å²) in [6.45, 7) is 1.94. The molecule has 0 saturated carbocycles. The predicted octanol–water partition coefficient (Wildman–Crippen LogP) is -1.21. The third-order valence-corrected chi connectivity index (χ3v) is 3.54. The Balaban J connectivity index is 2.29. The molecule has 0 aromatic carbocycles. The Kier molecular flexibility index (Phi) is 4.87. The zero-order valence-corrected chi connectivity index (χ0v) is 8.50. The highest BCUT2D eigenvalue weighted by Crippen LogP contribution is 2.02. The van der Waals surface area contributed by atoms with Gasteiger partial charge >= 0.3 is 0 Å². The lowest BCUT2D eigenvalue weighted by Crippen LogP contribution is -2.35. The maximum atomic E-state index is 11.2. The van der Waals surface area contributed by atoms with Crippen molar-refractivity contribution in [1.29, 1.82) is 0 Å². The number of hydrogen-bond donors (Lipinski definition) is 2. The second-order valence-corrected chi connectivity index (χ2v) is 5.03. The molecule has 1 aliphatic heterocycles. The number of rotatable bonds is 3. The molecule has 2 atom stereocenters. The summed E-state index contributed by atoms with van der Waals surface area (Å²) in [5.41, 5.74) is 0. The maximum Gasteiger partial charge on any atom is 0.0897 e. The summed E-state index contributed by atoms with van der Waals surface area (Å²) in [6, 6.07) is 0. The number of aliphatic hydroxyl groups excluding tert-OH is 2. The molecule has 0 spiro atoms. The fourth-order valence-corrected chi connectivity index (χ4v) is 2.55. The van der Waals surface area contributed by atoms with Crippen molar-refractivity contribution in [2.24, 2.45) is 0 Å². The van der Waals surface area contributed by atoms with Crippen LogP contribution in [0.5, 0.6) is 0 Å². The van der Waals surface area contributed by atoms with Crippen LogP contribution in [0.15, 0.2) is 0 Å². The highest BCUT2D eigenvalue weighted by atomic mass is 32.2. The van der Waals surface area contributed by atoms with Gasteiger partial charge in [-0.25, -0.2) is 0 Å². The van der Waals surface area contributed by atoms with E-state index in [2.05, 4.69) is 4.90 Å². The van der Waals surface area contributed by atoms with Gasteiger partial charge in [-0.15, -0.1) is 0 Å². The van der Waals surface area contributed by atoms with E-state index in [-0.39, 0.29) is 6.61 Å². The molecule has 0 aliphatic carbocycles. The summed E-state index contributed by atoms with van der Waals surface area (Å²) in [5, 5.41) is 17.9. The smallest absolute Gasteiger partial charge is 0.0897 e. The van der Waals surface area contributed by atoms with Gasteiger partial charge in [0.25, 0.3) is 0 Å². The molecule has 0 amide bonds. The average molecular weight is 207 g/mol. The minimum Gasteiger partial charge on any atom is -0.394 e. The van der Waals surface area contributed by atoms with E-state index in [0.717, 1.165) is 25.3 Å². The van der Waals surface area contributed by atoms with Crippen LogP contribution in [0.1, 0.15) is 6.42 Å². The first kappa shape index (κ1) is 11.1.